The lowest BCUT2D eigenvalue weighted by Gasteiger charge is -2.31. The van der Waals surface area contributed by atoms with Gasteiger partial charge < -0.3 is 10.2 Å². The molecule has 17 heavy (non-hydrogen) atoms. The summed E-state index contributed by atoms with van der Waals surface area (Å²) >= 11 is 0. The summed E-state index contributed by atoms with van der Waals surface area (Å²) in [4.78, 5) is 2.67. The minimum Gasteiger partial charge on any atom is -0.385 e. The standard InChI is InChI=1S/C15H22N2/c1-2-17(13-7-8-13)11-12-9-10-16-15-6-4-3-5-14(12)15/h3-6,12-13,16H,2,7-11H2,1H3. The van der Waals surface area contributed by atoms with Gasteiger partial charge in [-0.25, -0.2) is 0 Å². The largest absolute Gasteiger partial charge is 0.385 e. The summed E-state index contributed by atoms with van der Waals surface area (Å²) in [6.07, 6.45) is 4.11. The Morgan fingerprint density at radius 3 is 2.82 bits per heavy atom. The van der Waals surface area contributed by atoms with E-state index in [0.29, 0.717) is 0 Å². The molecule has 3 rings (SSSR count). The minimum atomic E-state index is 0.730. The molecule has 1 aliphatic carbocycles. The van der Waals surface area contributed by atoms with E-state index in [-0.39, 0.29) is 0 Å². The van der Waals surface area contributed by atoms with Gasteiger partial charge >= 0.3 is 0 Å². The molecule has 1 heterocycles. The fourth-order valence-electron chi connectivity index (χ4n) is 3.00. The molecule has 1 unspecified atom stereocenters. The molecule has 0 bridgehead atoms. The van der Waals surface area contributed by atoms with Crippen LogP contribution in [-0.2, 0) is 0 Å². The normalized spacial score (nSPS) is 23.3. The molecule has 1 saturated carbocycles. The topological polar surface area (TPSA) is 15.3 Å². The van der Waals surface area contributed by atoms with Crippen LogP contribution in [0.4, 0.5) is 5.69 Å². The number of benzene rings is 1. The SMILES string of the molecule is CCN(CC1CCNc2ccccc21)C1CC1. The molecule has 1 atom stereocenters. The van der Waals surface area contributed by atoms with Crippen molar-refractivity contribution in [2.24, 2.45) is 0 Å². The van der Waals surface area contributed by atoms with Crippen molar-refractivity contribution < 1.29 is 0 Å². The average Bonchev–Trinajstić information content (AvgIpc) is 3.20. The van der Waals surface area contributed by atoms with Crippen molar-refractivity contribution in [1.29, 1.82) is 0 Å². The molecule has 0 spiro atoms. The summed E-state index contributed by atoms with van der Waals surface area (Å²) in [5.74, 6) is 0.730. The first-order valence-electron chi connectivity index (χ1n) is 6.95. The Hall–Kier alpha value is -1.02. The second kappa shape index (κ2) is 4.69. The van der Waals surface area contributed by atoms with Gasteiger partial charge in [0.05, 0.1) is 0 Å². The molecule has 2 nitrogen and oxygen atoms in total. The van der Waals surface area contributed by atoms with Gasteiger partial charge in [-0.1, -0.05) is 25.1 Å². The van der Waals surface area contributed by atoms with Gasteiger partial charge in [0.1, 0.15) is 0 Å². The van der Waals surface area contributed by atoms with Crippen LogP contribution in [-0.4, -0.2) is 30.6 Å². The smallest absolute Gasteiger partial charge is 0.0376 e. The van der Waals surface area contributed by atoms with Crippen LogP contribution in [0, 0.1) is 0 Å². The van der Waals surface area contributed by atoms with E-state index in [2.05, 4.69) is 41.4 Å². The van der Waals surface area contributed by atoms with Crippen LogP contribution in [0.15, 0.2) is 24.3 Å². The first-order valence-corrected chi connectivity index (χ1v) is 6.95. The fraction of sp³-hybridized carbons (Fsp3) is 0.600. The number of fused-ring (bicyclic) bond motifs is 1. The highest BCUT2D eigenvalue weighted by atomic mass is 15.2. The predicted molar refractivity (Wildman–Crippen MR) is 72.6 cm³/mol. The Morgan fingerprint density at radius 2 is 2.06 bits per heavy atom. The maximum absolute atomic E-state index is 3.51. The Morgan fingerprint density at radius 1 is 1.24 bits per heavy atom. The molecule has 0 aromatic heterocycles. The number of nitrogens with one attached hydrogen (secondary N) is 1. The molecule has 2 heteroatoms. The number of anilines is 1. The van der Waals surface area contributed by atoms with Crippen molar-refractivity contribution in [3.8, 4) is 0 Å². The van der Waals surface area contributed by atoms with Crippen LogP contribution in [0.3, 0.4) is 0 Å². The first kappa shape index (κ1) is 11.1. The quantitative estimate of drug-likeness (QED) is 0.855. The van der Waals surface area contributed by atoms with Crippen LogP contribution < -0.4 is 5.32 Å². The van der Waals surface area contributed by atoms with Crippen LogP contribution in [0.5, 0.6) is 0 Å². The number of hydrogen-bond acceptors (Lipinski definition) is 2. The highest BCUT2D eigenvalue weighted by Crippen LogP contribution is 2.34. The number of nitrogens with zero attached hydrogens (tertiary/aromatic N) is 1. The molecular weight excluding hydrogens is 208 g/mol. The lowest BCUT2D eigenvalue weighted by molar-refractivity contribution is 0.255. The van der Waals surface area contributed by atoms with Crippen molar-refractivity contribution in [3.05, 3.63) is 29.8 Å². The zero-order chi connectivity index (χ0) is 11.7. The van der Waals surface area contributed by atoms with E-state index < -0.39 is 0 Å². The van der Waals surface area contributed by atoms with Crippen LogP contribution in [0.1, 0.15) is 37.7 Å². The minimum absolute atomic E-state index is 0.730. The van der Waals surface area contributed by atoms with Gasteiger partial charge in [-0.15, -0.1) is 0 Å². The van der Waals surface area contributed by atoms with Gasteiger partial charge in [0.15, 0.2) is 0 Å². The van der Waals surface area contributed by atoms with Crippen molar-refractivity contribution in [3.63, 3.8) is 0 Å². The summed E-state index contributed by atoms with van der Waals surface area (Å²) in [7, 11) is 0. The zero-order valence-electron chi connectivity index (χ0n) is 10.7. The molecule has 92 valence electrons. The summed E-state index contributed by atoms with van der Waals surface area (Å²) in [6.45, 7) is 5.88. The van der Waals surface area contributed by atoms with E-state index in [9.17, 15) is 0 Å². The lowest BCUT2D eigenvalue weighted by atomic mass is 9.90. The number of hydrogen-bond donors (Lipinski definition) is 1. The summed E-state index contributed by atoms with van der Waals surface area (Å²) in [5.41, 5.74) is 2.88. The van der Waals surface area contributed by atoms with Gasteiger partial charge in [0, 0.05) is 30.7 Å². The first-order chi connectivity index (χ1) is 8.38. The van der Waals surface area contributed by atoms with Crippen molar-refractivity contribution in [2.75, 3.05) is 25.0 Å². The Balaban J connectivity index is 1.75. The Bertz CT molecular complexity index is 384. The molecule has 1 aromatic rings. The summed E-state index contributed by atoms with van der Waals surface area (Å²) < 4.78 is 0. The van der Waals surface area contributed by atoms with E-state index in [0.717, 1.165) is 18.5 Å². The van der Waals surface area contributed by atoms with Crippen LogP contribution >= 0.6 is 0 Å². The van der Waals surface area contributed by atoms with Gasteiger partial charge in [0.25, 0.3) is 0 Å². The van der Waals surface area contributed by atoms with E-state index >= 15 is 0 Å². The molecule has 1 N–H and O–H groups in total. The monoisotopic (exact) mass is 230 g/mol. The molecule has 0 saturated heterocycles. The predicted octanol–water partition coefficient (Wildman–Crippen LogP) is 3.07. The van der Waals surface area contributed by atoms with Gasteiger partial charge in [-0.2, -0.15) is 0 Å². The zero-order valence-corrected chi connectivity index (χ0v) is 10.7. The van der Waals surface area contributed by atoms with Crippen LogP contribution in [0.25, 0.3) is 0 Å². The highest BCUT2D eigenvalue weighted by molar-refractivity contribution is 5.54. The second-order valence-corrected chi connectivity index (χ2v) is 5.32. The average molecular weight is 230 g/mol. The molecule has 1 aliphatic heterocycles. The molecule has 2 aliphatic rings. The molecule has 1 aromatic carbocycles. The highest BCUT2D eigenvalue weighted by Gasteiger charge is 2.30. The lowest BCUT2D eigenvalue weighted by Crippen LogP contribution is -2.33. The molecule has 0 radical (unpaired) electrons. The molecule has 0 amide bonds. The number of rotatable bonds is 4. The third-order valence-electron chi connectivity index (χ3n) is 4.13. The number of likely N-dealkylation sites (N-methyl/N-ethyl adjacent to an activating group) is 1. The third kappa shape index (κ3) is 2.32. The summed E-state index contributed by atoms with van der Waals surface area (Å²) in [5, 5.41) is 3.51. The third-order valence-corrected chi connectivity index (χ3v) is 4.13. The van der Waals surface area contributed by atoms with Gasteiger partial charge in [-0.05, 0) is 37.4 Å². The fourth-order valence-corrected chi connectivity index (χ4v) is 3.00. The van der Waals surface area contributed by atoms with Crippen molar-refractivity contribution >= 4 is 5.69 Å². The van der Waals surface area contributed by atoms with Crippen LogP contribution in [0.2, 0.25) is 0 Å². The van der Waals surface area contributed by atoms with Gasteiger partial charge in [0.2, 0.25) is 0 Å². The Kier molecular flexibility index (Phi) is 3.06. The van der Waals surface area contributed by atoms with Gasteiger partial charge in [-0.3, -0.25) is 0 Å². The van der Waals surface area contributed by atoms with E-state index in [1.54, 1.807) is 0 Å². The second-order valence-electron chi connectivity index (χ2n) is 5.32. The Labute approximate surface area is 104 Å². The van der Waals surface area contributed by atoms with E-state index in [1.165, 1.54) is 43.6 Å². The maximum Gasteiger partial charge on any atom is 0.0376 e. The van der Waals surface area contributed by atoms with Crippen molar-refractivity contribution in [2.45, 2.75) is 38.1 Å². The van der Waals surface area contributed by atoms with Crippen molar-refractivity contribution in [1.82, 2.24) is 4.90 Å². The molecular formula is C15H22N2. The summed E-state index contributed by atoms with van der Waals surface area (Å²) in [6, 6.07) is 9.71. The molecule has 1 fully saturated rings. The number of para-hydroxylation sites is 1. The maximum atomic E-state index is 3.51. The van der Waals surface area contributed by atoms with E-state index in [1.807, 2.05) is 0 Å². The van der Waals surface area contributed by atoms with E-state index in [4.69, 9.17) is 0 Å².